The van der Waals surface area contributed by atoms with Gasteiger partial charge in [-0.15, -0.1) is 0 Å². The molecule has 3 aromatic rings. The van der Waals surface area contributed by atoms with E-state index in [0.29, 0.717) is 27.8 Å². The monoisotopic (exact) mass is 432 g/mol. The summed E-state index contributed by atoms with van der Waals surface area (Å²) in [6.45, 7) is 5.62. The number of hydrogen-bond donors (Lipinski definition) is 2. The molecule has 4 rings (SSSR count). The molecule has 0 radical (unpaired) electrons. The van der Waals surface area contributed by atoms with Crippen LogP contribution in [0, 0.1) is 0 Å². The maximum Gasteiger partial charge on any atom is 0.264 e. The fourth-order valence-corrected chi connectivity index (χ4v) is 3.86. The number of aliphatic imine (C=N–C) groups is 3. The SMILES string of the molecule is C=N/C(N[C@@H](C)c1cc2cccc(Cl)c2c(=O)n1-c1ccccc1)=C1/N=CN/C1=N/C. The van der Waals surface area contributed by atoms with Crippen LogP contribution in [0.5, 0.6) is 0 Å². The van der Waals surface area contributed by atoms with Crippen LogP contribution in [0.1, 0.15) is 18.7 Å². The minimum atomic E-state index is -0.307. The van der Waals surface area contributed by atoms with Crippen LogP contribution in [0.3, 0.4) is 0 Å². The molecule has 7 nitrogen and oxygen atoms in total. The molecule has 1 aliphatic heterocycles. The van der Waals surface area contributed by atoms with Crippen molar-refractivity contribution in [2.45, 2.75) is 13.0 Å². The van der Waals surface area contributed by atoms with E-state index in [-0.39, 0.29) is 11.6 Å². The van der Waals surface area contributed by atoms with Crippen molar-refractivity contribution in [3.63, 3.8) is 0 Å². The lowest BCUT2D eigenvalue weighted by Crippen LogP contribution is -2.29. The molecule has 0 fully saturated rings. The Morgan fingerprint density at radius 2 is 2.00 bits per heavy atom. The van der Waals surface area contributed by atoms with E-state index in [1.807, 2.05) is 55.5 Å². The Labute approximate surface area is 184 Å². The summed E-state index contributed by atoms with van der Waals surface area (Å²) in [6, 6.07) is 16.6. The molecular formula is C23H21ClN6O. The molecule has 0 saturated heterocycles. The standard InChI is InChI=1S/C23H21ClN6O/c1-14(29-22(26-3)20-21(25-2)28-13-27-20)18-12-15-8-7-11-17(24)19(15)23(31)30(18)16-9-5-4-6-10-16/h4-14,29H,3H2,1-2H3,(H,25,27,28)/b22-20-/t14-/m0/s1. The number of fused-ring (bicyclic) bond motifs is 1. The third-order valence-electron chi connectivity index (χ3n) is 5.06. The molecular weight excluding hydrogens is 412 g/mol. The molecule has 8 heteroatoms. The number of rotatable bonds is 5. The number of nitrogens with one attached hydrogen (secondary N) is 2. The van der Waals surface area contributed by atoms with E-state index in [1.54, 1.807) is 24.0 Å². The van der Waals surface area contributed by atoms with E-state index in [9.17, 15) is 4.79 Å². The highest BCUT2D eigenvalue weighted by Crippen LogP contribution is 2.26. The Balaban J connectivity index is 1.90. The van der Waals surface area contributed by atoms with Crippen molar-refractivity contribution in [3.05, 3.63) is 87.2 Å². The molecule has 1 aliphatic rings. The fraction of sp³-hybridized carbons (Fsp3) is 0.130. The van der Waals surface area contributed by atoms with Gasteiger partial charge in [-0.2, -0.15) is 0 Å². The predicted molar refractivity (Wildman–Crippen MR) is 128 cm³/mol. The maximum atomic E-state index is 13.5. The van der Waals surface area contributed by atoms with Crippen molar-refractivity contribution in [1.29, 1.82) is 0 Å². The largest absolute Gasteiger partial charge is 0.360 e. The second kappa shape index (κ2) is 8.57. The zero-order valence-electron chi connectivity index (χ0n) is 17.1. The van der Waals surface area contributed by atoms with Gasteiger partial charge in [0.05, 0.1) is 22.8 Å². The highest BCUT2D eigenvalue weighted by Gasteiger charge is 2.21. The number of benzene rings is 2. The molecule has 0 unspecified atom stereocenters. The van der Waals surface area contributed by atoms with E-state index in [0.717, 1.165) is 16.8 Å². The second-order valence-electron chi connectivity index (χ2n) is 6.95. The number of aromatic nitrogens is 1. The van der Waals surface area contributed by atoms with Gasteiger partial charge in [0, 0.05) is 18.4 Å². The van der Waals surface area contributed by atoms with Gasteiger partial charge >= 0.3 is 0 Å². The number of para-hydroxylation sites is 1. The molecule has 0 bridgehead atoms. The van der Waals surface area contributed by atoms with Gasteiger partial charge in [0.25, 0.3) is 5.56 Å². The first kappa shape index (κ1) is 20.6. The number of nitrogens with zero attached hydrogens (tertiary/aromatic N) is 4. The van der Waals surface area contributed by atoms with Gasteiger partial charge in [-0.3, -0.25) is 14.4 Å². The van der Waals surface area contributed by atoms with E-state index in [2.05, 4.69) is 32.3 Å². The first-order valence-corrected chi connectivity index (χ1v) is 10.1. The lowest BCUT2D eigenvalue weighted by Gasteiger charge is -2.22. The van der Waals surface area contributed by atoms with Crippen LogP contribution < -0.4 is 16.2 Å². The highest BCUT2D eigenvalue weighted by atomic mass is 35.5. The van der Waals surface area contributed by atoms with Gasteiger partial charge in [-0.25, -0.2) is 9.98 Å². The van der Waals surface area contributed by atoms with E-state index < -0.39 is 0 Å². The number of amidine groups is 1. The Morgan fingerprint density at radius 3 is 2.71 bits per heavy atom. The lowest BCUT2D eigenvalue weighted by atomic mass is 10.1. The Hall–Kier alpha value is -3.71. The molecule has 2 aromatic carbocycles. The van der Waals surface area contributed by atoms with Gasteiger partial charge in [0.2, 0.25) is 0 Å². The van der Waals surface area contributed by atoms with Crippen molar-refractivity contribution in [1.82, 2.24) is 15.2 Å². The summed E-state index contributed by atoms with van der Waals surface area (Å²) in [5.74, 6) is 1.06. The molecule has 0 amide bonds. The molecule has 1 aromatic heterocycles. The van der Waals surface area contributed by atoms with Crippen molar-refractivity contribution in [2.75, 3.05) is 7.05 Å². The Morgan fingerprint density at radius 1 is 1.23 bits per heavy atom. The normalized spacial score (nSPS) is 16.9. The Bertz CT molecular complexity index is 1310. The second-order valence-corrected chi connectivity index (χ2v) is 7.35. The summed E-state index contributed by atoms with van der Waals surface area (Å²) in [4.78, 5) is 26.1. The third kappa shape index (κ3) is 3.75. The van der Waals surface area contributed by atoms with Crippen LogP contribution in [0.25, 0.3) is 16.5 Å². The molecule has 2 N–H and O–H groups in total. The van der Waals surface area contributed by atoms with E-state index in [4.69, 9.17) is 11.6 Å². The van der Waals surface area contributed by atoms with Crippen LogP contribution in [0.15, 0.2) is 85.9 Å². The van der Waals surface area contributed by atoms with Gasteiger partial charge in [-0.1, -0.05) is 41.9 Å². The van der Waals surface area contributed by atoms with E-state index >= 15 is 0 Å². The first-order chi connectivity index (χ1) is 15.0. The fourth-order valence-electron chi connectivity index (χ4n) is 3.60. The molecule has 0 aliphatic carbocycles. The van der Waals surface area contributed by atoms with Crippen molar-refractivity contribution < 1.29 is 0 Å². The smallest absolute Gasteiger partial charge is 0.264 e. The number of pyridine rings is 1. The maximum absolute atomic E-state index is 13.5. The number of halogens is 1. The molecule has 156 valence electrons. The minimum absolute atomic E-state index is 0.185. The average molecular weight is 433 g/mol. The quantitative estimate of drug-likeness (QED) is 0.601. The topological polar surface area (TPSA) is 83.1 Å². The van der Waals surface area contributed by atoms with Crippen molar-refractivity contribution >= 4 is 41.3 Å². The predicted octanol–water partition coefficient (Wildman–Crippen LogP) is 3.82. The molecule has 31 heavy (non-hydrogen) atoms. The molecule has 2 heterocycles. The summed E-state index contributed by atoms with van der Waals surface area (Å²) >= 11 is 6.38. The van der Waals surface area contributed by atoms with E-state index in [1.165, 1.54) is 0 Å². The average Bonchev–Trinajstić information content (AvgIpc) is 3.26. The summed E-state index contributed by atoms with van der Waals surface area (Å²) in [7, 11) is 1.67. The van der Waals surface area contributed by atoms with Crippen LogP contribution in [0.4, 0.5) is 0 Å². The van der Waals surface area contributed by atoms with Crippen LogP contribution in [-0.4, -0.2) is 30.5 Å². The van der Waals surface area contributed by atoms with Crippen LogP contribution in [-0.2, 0) is 0 Å². The summed E-state index contributed by atoms with van der Waals surface area (Å²) in [6.07, 6.45) is 1.55. The first-order valence-electron chi connectivity index (χ1n) is 9.68. The highest BCUT2D eigenvalue weighted by molar-refractivity contribution is 6.35. The van der Waals surface area contributed by atoms with Crippen molar-refractivity contribution in [3.8, 4) is 5.69 Å². The van der Waals surface area contributed by atoms with Gasteiger partial charge in [-0.05, 0) is 43.3 Å². The molecule has 1 atom stereocenters. The van der Waals surface area contributed by atoms with Crippen molar-refractivity contribution in [2.24, 2.45) is 15.0 Å². The summed E-state index contributed by atoms with van der Waals surface area (Å²) in [5.41, 5.74) is 1.87. The Kier molecular flexibility index (Phi) is 5.68. The molecule has 0 spiro atoms. The van der Waals surface area contributed by atoms with Gasteiger partial charge in [0.15, 0.2) is 11.7 Å². The van der Waals surface area contributed by atoms with Crippen LogP contribution >= 0.6 is 11.6 Å². The number of hydrogen-bond acceptors (Lipinski definition) is 5. The summed E-state index contributed by atoms with van der Waals surface area (Å²) in [5, 5.41) is 7.96. The lowest BCUT2D eigenvalue weighted by molar-refractivity contribution is 0.608. The van der Waals surface area contributed by atoms with Gasteiger partial charge < -0.3 is 10.6 Å². The molecule has 0 saturated carbocycles. The third-order valence-corrected chi connectivity index (χ3v) is 5.38. The minimum Gasteiger partial charge on any atom is -0.360 e. The zero-order valence-corrected chi connectivity index (χ0v) is 17.9. The van der Waals surface area contributed by atoms with Gasteiger partial charge in [0.1, 0.15) is 5.70 Å². The summed E-state index contributed by atoms with van der Waals surface area (Å²) < 4.78 is 1.67. The zero-order chi connectivity index (χ0) is 22.0. The van der Waals surface area contributed by atoms with Crippen LogP contribution in [0.2, 0.25) is 5.02 Å².